The third-order valence-corrected chi connectivity index (χ3v) is 8.22. The number of rotatable bonds is 4. The SMILES string of the molecule is O=C(Nc1ccccc1C(=O)O)c1cccc(N2C(=O)[C@@H]3C4c5ccccc5C(c5ccccc54)[C@H]3C2=O)c1. The van der Waals surface area contributed by atoms with Crippen LogP contribution in [0.2, 0.25) is 0 Å². The molecule has 7 heteroatoms. The normalized spacial score (nSPS) is 22.2. The molecule has 4 aromatic carbocycles. The Labute approximate surface area is 223 Å². The molecule has 2 bridgehead atoms. The lowest BCUT2D eigenvalue weighted by atomic mass is 9.55. The Balaban J connectivity index is 1.25. The van der Waals surface area contributed by atoms with Gasteiger partial charge in [0.05, 0.1) is 28.8 Å². The number of nitrogens with zero attached hydrogens (tertiary/aromatic N) is 1. The second-order valence-electron chi connectivity index (χ2n) is 10.1. The summed E-state index contributed by atoms with van der Waals surface area (Å²) >= 11 is 0. The van der Waals surface area contributed by atoms with E-state index in [2.05, 4.69) is 29.6 Å². The van der Waals surface area contributed by atoms with E-state index in [0.29, 0.717) is 5.69 Å². The molecule has 0 spiro atoms. The minimum Gasteiger partial charge on any atom is -0.478 e. The van der Waals surface area contributed by atoms with Crippen LogP contribution < -0.4 is 10.2 Å². The van der Waals surface area contributed by atoms with Crippen LogP contribution in [0.4, 0.5) is 11.4 Å². The largest absolute Gasteiger partial charge is 0.478 e. The number of carboxylic acids is 1. The van der Waals surface area contributed by atoms with Crippen molar-refractivity contribution in [3.63, 3.8) is 0 Å². The van der Waals surface area contributed by atoms with E-state index in [1.807, 2.05) is 24.3 Å². The molecule has 1 fully saturated rings. The summed E-state index contributed by atoms with van der Waals surface area (Å²) in [5.41, 5.74) is 5.03. The molecule has 0 radical (unpaired) electrons. The molecule has 0 aromatic heterocycles. The standard InChI is InChI=1S/C32H22N2O5/c35-29(33-24-15-6-5-14-23(24)32(38)39)17-8-7-9-18(16-17)34-30(36)27-25-19-10-1-2-11-20(19)26(28(27)31(34)37)22-13-4-3-12-21(22)25/h1-16,25-28H,(H,33,35)(H,38,39)/t25?,26?,27-,28-/m1/s1. The third kappa shape index (κ3) is 3.29. The second kappa shape index (κ2) is 8.49. The van der Waals surface area contributed by atoms with Gasteiger partial charge in [0.2, 0.25) is 11.8 Å². The number of hydrogen-bond acceptors (Lipinski definition) is 4. The molecule has 0 saturated carbocycles. The minimum absolute atomic E-state index is 0.0365. The summed E-state index contributed by atoms with van der Waals surface area (Å²) in [5, 5.41) is 12.1. The number of para-hydroxylation sites is 1. The maximum atomic E-state index is 14.0. The first-order chi connectivity index (χ1) is 19.0. The summed E-state index contributed by atoms with van der Waals surface area (Å²) in [5.74, 6) is -3.70. The molecule has 4 aliphatic rings. The van der Waals surface area contributed by atoms with Crippen molar-refractivity contribution in [2.75, 3.05) is 10.2 Å². The summed E-state index contributed by atoms with van der Waals surface area (Å²) < 4.78 is 0. The molecule has 1 aliphatic heterocycles. The van der Waals surface area contributed by atoms with Crippen molar-refractivity contribution in [1.82, 2.24) is 0 Å². The van der Waals surface area contributed by atoms with Crippen molar-refractivity contribution < 1.29 is 24.3 Å². The number of carbonyl (C=O) groups is 4. The van der Waals surface area contributed by atoms with Gasteiger partial charge in [-0.3, -0.25) is 14.4 Å². The van der Waals surface area contributed by atoms with E-state index >= 15 is 0 Å². The Hall–Kier alpha value is -5.04. The van der Waals surface area contributed by atoms with Gasteiger partial charge in [-0.15, -0.1) is 0 Å². The predicted octanol–water partition coefficient (Wildman–Crippen LogP) is 5.03. The van der Waals surface area contributed by atoms with Crippen LogP contribution in [0.1, 0.15) is 54.8 Å². The van der Waals surface area contributed by atoms with Gasteiger partial charge in [0.15, 0.2) is 0 Å². The van der Waals surface area contributed by atoms with Gasteiger partial charge in [-0.25, -0.2) is 9.69 Å². The number of carbonyl (C=O) groups excluding carboxylic acids is 3. The monoisotopic (exact) mass is 514 g/mol. The predicted molar refractivity (Wildman–Crippen MR) is 144 cm³/mol. The third-order valence-electron chi connectivity index (χ3n) is 8.22. The fourth-order valence-electron chi connectivity index (χ4n) is 6.69. The number of aromatic carboxylic acids is 1. The Kier molecular flexibility index (Phi) is 5.03. The zero-order valence-corrected chi connectivity index (χ0v) is 20.6. The molecule has 1 saturated heterocycles. The van der Waals surface area contributed by atoms with E-state index < -0.39 is 23.7 Å². The van der Waals surface area contributed by atoms with E-state index in [-0.39, 0.29) is 40.5 Å². The highest BCUT2D eigenvalue weighted by Crippen LogP contribution is 2.61. The fourth-order valence-corrected chi connectivity index (χ4v) is 6.69. The van der Waals surface area contributed by atoms with Crippen LogP contribution in [0, 0.1) is 11.8 Å². The number of amides is 3. The van der Waals surface area contributed by atoms with Crippen LogP contribution in [0.25, 0.3) is 0 Å². The van der Waals surface area contributed by atoms with Gasteiger partial charge in [-0.05, 0) is 52.6 Å². The molecule has 7 nitrogen and oxygen atoms in total. The molecule has 1 heterocycles. The van der Waals surface area contributed by atoms with Gasteiger partial charge in [0.1, 0.15) is 0 Å². The molecular weight excluding hydrogens is 492 g/mol. The van der Waals surface area contributed by atoms with Crippen molar-refractivity contribution in [2.24, 2.45) is 11.8 Å². The van der Waals surface area contributed by atoms with Crippen molar-refractivity contribution >= 4 is 35.1 Å². The van der Waals surface area contributed by atoms with Crippen molar-refractivity contribution in [3.05, 3.63) is 130 Å². The number of carboxylic acid groups (broad SMARTS) is 1. The number of imide groups is 1. The van der Waals surface area contributed by atoms with Gasteiger partial charge in [0, 0.05) is 17.4 Å². The van der Waals surface area contributed by atoms with Crippen LogP contribution >= 0.6 is 0 Å². The quantitative estimate of drug-likeness (QED) is 0.372. The van der Waals surface area contributed by atoms with Crippen LogP contribution in [0.3, 0.4) is 0 Å². The Morgan fingerprint density at radius 1 is 0.667 bits per heavy atom. The fraction of sp³-hybridized carbons (Fsp3) is 0.125. The zero-order valence-electron chi connectivity index (χ0n) is 20.6. The van der Waals surface area contributed by atoms with E-state index in [1.165, 1.54) is 23.1 Å². The molecule has 2 atom stereocenters. The molecule has 39 heavy (non-hydrogen) atoms. The highest BCUT2D eigenvalue weighted by molar-refractivity contribution is 6.24. The van der Waals surface area contributed by atoms with Gasteiger partial charge in [0.25, 0.3) is 5.91 Å². The van der Waals surface area contributed by atoms with Gasteiger partial charge in [-0.2, -0.15) is 0 Å². The first kappa shape index (κ1) is 23.1. The first-order valence-corrected chi connectivity index (χ1v) is 12.7. The molecule has 0 unspecified atom stereocenters. The average molecular weight is 515 g/mol. The molecule has 8 rings (SSSR count). The summed E-state index contributed by atoms with van der Waals surface area (Å²) in [6, 6.07) is 28.6. The Morgan fingerprint density at radius 2 is 1.18 bits per heavy atom. The number of hydrogen-bond donors (Lipinski definition) is 2. The van der Waals surface area contributed by atoms with Crippen molar-refractivity contribution in [3.8, 4) is 0 Å². The smallest absolute Gasteiger partial charge is 0.337 e. The topological polar surface area (TPSA) is 104 Å². The van der Waals surface area contributed by atoms with E-state index in [1.54, 1.807) is 30.3 Å². The van der Waals surface area contributed by atoms with Crippen LogP contribution in [0.5, 0.6) is 0 Å². The zero-order chi connectivity index (χ0) is 26.8. The second-order valence-corrected chi connectivity index (χ2v) is 10.1. The lowest BCUT2D eigenvalue weighted by Gasteiger charge is -2.45. The Morgan fingerprint density at radius 3 is 1.72 bits per heavy atom. The average Bonchev–Trinajstić information content (AvgIpc) is 3.23. The highest BCUT2D eigenvalue weighted by atomic mass is 16.4. The van der Waals surface area contributed by atoms with Crippen LogP contribution in [0.15, 0.2) is 97.1 Å². The van der Waals surface area contributed by atoms with Crippen LogP contribution in [-0.2, 0) is 9.59 Å². The molecule has 3 amide bonds. The van der Waals surface area contributed by atoms with Gasteiger partial charge < -0.3 is 10.4 Å². The lowest BCUT2D eigenvalue weighted by Crippen LogP contribution is -2.41. The van der Waals surface area contributed by atoms with Gasteiger partial charge >= 0.3 is 5.97 Å². The van der Waals surface area contributed by atoms with E-state index in [9.17, 15) is 24.3 Å². The minimum atomic E-state index is -1.16. The molecule has 4 aromatic rings. The maximum Gasteiger partial charge on any atom is 0.337 e. The highest BCUT2D eigenvalue weighted by Gasteiger charge is 2.61. The maximum absolute atomic E-state index is 14.0. The molecule has 190 valence electrons. The molecular formula is C32H22N2O5. The first-order valence-electron chi connectivity index (χ1n) is 12.7. The lowest BCUT2D eigenvalue weighted by molar-refractivity contribution is -0.122. The van der Waals surface area contributed by atoms with Gasteiger partial charge in [-0.1, -0.05) is 66.7 Å². The van der Waals surface area contributed by atoms with Crippen molar-refractivity contribution in [1.29, 1.82) is 0 Å². The summed E-state index contributed by atoms with van der Waals surface area (Å²) in [7, 11) is 0. The molecule has 3 aliphatic carbocycles. The van der Waals surface area contributed by atoms with E-state index in [4.69, 9.17) is 0 Å². The van der Waals surface area contributed by atoms with Crippen molar-refractivity contribution in [2.45, 2.75) is 11.8 Å². The van der Waals surface area contributed by atoms with E-state index in [0.717, 1.165) is 22.3 Å². The number of nitrogens with one attached hydrogen (secondary N) is 1. The summed E-state index contributed by atoms with van der Waals surface area (Å²) in [6.07, 6.45) is 0. The molecule has 2 N–H and O–H groups in total. The van der Waals surface area contributed by atoms with Crippen LogP contribution in [-0.4, -0.2) is 28.8 Å². The Bertz CT molecular complexity index is 1610. The number of benzene rings is 4. The summed E-state index contributed by atoms with van der Waals surface area (Å²) in [6.45, 7) is 0. The summed E-state index contributed by atoms with van der Waals surface area (Å²) in [4.78, 5) is 53.9. The number of anilines is 2.